The van der Waals surface area contributed by atoms with Gasteiger partial charge in [0.05, 0.1) is 5.75 Å². The van der Waals surface area contributed by atoms with Gasteiger partial charge in [0.2, 0.25) is 5.91 Å². The van der Waals surface area contributed by atoms with Gasteiger partial charge in [-0.3, -0.25) is 4.79 Å². The van der Waals surface area contributed by atoms with Crippen molar-refractivity contribution in [3.05, 3.63) is 65.0 Å². The van der Waals surface area contributed by atoms with Crippen molar-refractivity contribution < 1.29 is 18.3 Å². The maximum Gasteiger partial charge on any atom is 0.234 e. The number of benzene rings is 2. The van der Waals surface area contributed by atoms with Crippen molar-refractivity contribution in [2.24, 2.45) is 7.05 Å². The van der Waals surface area contributed by atoms with E-state index >= 15 is 0 Å². The van der Waals surface area contributed by atoms with E-state index in [2.05, 4.69) is 15.5 Å². The number of amides is 1. The molecule has 0 spiro atoms. The van der Waals surface area contributed by atoms with Crippen LogP contribution < -0.4 is 10.1 Å². The molecular formula is C21H22F2N4O2S. The second-order valence-electron chi connectivity index (χ2n) is 6.84. The van der Waals surface area contributed by atoms with Crippen molar-refractivity contribution in [3.8, 4) is 5.75 Å². The quantitative estimate of drug-likeness (QED) is 0.554. The number of ether oxygens (including phenoxy) is 1. The monoisotopic (exact) mass is 432 g/mol. The van der Waals surface area contributed by atoms with Crippen molar-refractivity contribution >= 4 is 23.4 Å². The Balaban J connectivity index is 1.63. The molecule has 9 heteroatoms. The number of hydrogen-bond acceptors (Lipinski definition) is 5. The molecule has 0 aliphatic heterocycles. The second-order valence-corrected chi connectivity index (χ2v) is 7.78. The lowest BCUT2D eigenvalue weighted by atomic mass is 10.1. The van der Waals surface area contributed by atoms with Crippen LogP contribution in [0.2, 0.25) is 0 Å². The third-order valence-electron chi connectivity index (χ3n) is 4.51. The van der Waals surface area contributed by atoms with Crippen LogP contribution in [-0.4, -0.2) is 26.4 Å². The van der Waals surface area contributed by atoms with E-state index in [-0.39, 0.29) is 17.4 Å². The number of nitrogens with zero attached hydrogens (tertiary/aromatic N) is 3. The van der Waals surface area contributed by atoms with E-state index in [1.165, 1.54) is 17.8 Å². The molecule has 0 fully saturated rings. The minimum Gasteiger partial charge on any atom is -0.480 e. The molecule has 1 heterocycles. The predicted molar refractivity (Wildman–Crippen MR) is 112 cm³/mol. The van der Waals surface area contributed by atoms with Crippen LogP contribution in [0.1, 0.15) is 30.0 Å². The van der Waals surface area contributed by atoms with Gasteiger partial charge in [-0.05, 0) is 44.0 Å². The minimum absolute atomic E-state index is 0.0749. The second kappa shape index (κ2) is 9.25. The normalized spacial score (nSPS) is 11.9. The summed E-state index contributed by atoms with van der Waals surface area (Å²) >= 11 is 1.23. The molecule has 158 valence electrons. The molecule has 1 atom stereocenters. The van der Waals surface area contributed by atoms with Crippen LogP contribution in [0.15, 0.2) is 41.6 Å². The van der Waals surface area contributed by atoms with Gasteiger partial charge in [-0.25, -0.2) is 8.78 Å². The highest BCUT2D eigenvalue weighted by Gasteiger charge is 2.19. The van der Waals surface area contributed by atoms with Gasteiger partial charge >= 0.3 is 0 Å². The number of aryl methyl sites for hydroxylation is 2. The molecule has 2 aromatic carbocycles. The summed E-state index contributed by atoms with van der Waals surface area (Å²) in [5.41, 5.74) is 2.80. The zero-order chi connectivity index (χ0) is 21.8. The summed E-state index contributed by atoms with van der Waals surface area (Å²) < 4.78 is 34.1. The fourth-order valence-corrected chi connectivity index (χ4v) is 3.66. The molecule has 1 N–H and O–H groups in total. The van der Waals surface area contributed by atoms with Gasteiger partial charge in [0.25, 0.3) is 0 Å². The summed E-state index contributed by atoms with van der Waals surface area (Å²) in [5.74, 6) is -1.09. The predicted octanol–water partition coefficient (Wildman–Crippen LogP) is 4.58. The van der Waals surface area contributed by atoms with Crippen molar-refractivity contribution in [1.29, 1.82) is 0 Å². The Morgan fingerprint density at radius 3 is 2.57 bits per heavy atom. The Bertz CT molecular complexity index is 1050. The van der Waals surface area contributed by atoms with E-state index in [9.17, 15) is 13.6 Å². The Hall–Kier alpha value is -2.94. The molecule has 0 saturated carbocycles. The topological polar surface area (TPSA) is 69.0 Å². The van der Waals surface area contributed by atoms with Crippen LogP contribution in [0.25, 0.3) is 0 Å². The number of hydrogen-bond donors (Lipinski definition) is 1. The fraction of sp³-hybridized carbons (Fsp3) is 0.286. The third kappa shape index (κ3) is 4.96. The van der Waals surface area contributed by atoms with E-state index in [0.29, 0.717) is 11.0 Å². The van der Waals surface area contributed by atoms with Crippen molar-refractivity contribution in [2.45, 2.75) is 32.0 Å². The van der Waals surface area contributed by atoms with Gasteiger partial charge in [0, 0.05) is 18.8 Å². The molecule has 3 aromatic rings. The summed E-state index contributed by atoms with van der Waals surface area (Å²) in [4.78, 5) is 12.4. The highest BCUT2D eigenvalue weighted by Crippen LogP contribution is 2.26. The van der Waals surface area contributed by atoms with Crippen LogP contribution in [0, 0.1) is 25.5 Å². The summed E-state index contributed by atoms with van der Waals surface area (Å²) in [6.07, 6.45) is -0.625. The first-order chi connectivity index (χ1) is 14.3. The fourth-order valence-electron chi connectivity index (χ4n) is 2.94. The smallest absolute Gasteiger partial charge is 0.234 e. The van der Waals surface area contributed by atoms with Crippen molar-refractivity contribution in [1.82, 2.24) is 14.8 Å². The van der Waals surface area contributed by atoms with Crippen LogP contribution >= 0.6 is 11.8 Å². The van der Waals surface area contributed by atoms with E-state index in [1.54, 1.807) is 18.5 Å². The highest BCUT2D eigenvalue weighted by molar-refractivity contribution is 7.99. The lowest BCUT2D eigenvalue weighted by Gasteiger charge is -2.15. The molecule has 0 saturated heterocycles. The third-order valence-corrected chi connectivity index (χ3v) is 5.53. The van der Waals surface area contributed by atoms with Crippen LogP contribution in [0.4, 0.5) is 14.5 Å². The Kier molecular flexibility index (Phi) is 6.71. The van der Waals surface area contributed by atoms with Gasteiger partial charge < -0.3 is 14.6 Å². The molecule has 0 aliphatic carbocycles. The first-order valence-electron chi connectivity index (χ1n) is 9.26. The van der Waals surface area contributed by atoms with Crippen molar-refractivity contribution in [2.75, 3.05) is 11.1 Å². The van der Waals surface area contributed by atoms with Crippen LogP contribution in [0.3, 0.4) is 0 Å². The zero-order valence-corrected chi connectivity index (χ0v) is 17.9. The summed E-state index contributed by atoms with van der Waals surface area (Å²) in [6.45, 7) is 5.57. The molecule has 1 aromatic heterocycles. The molecule has 3 rings (SSSR count). The van der Waals surface area contributed by atoms with Crippen LogP contribution in [0.5, 0.6) is 5.75 Å². The minimum atomic E-state index is -0.790. The van der Waals surface area contributed by atoms with Gasteiger partial charge in [0.1, 0.15) is 5.82 Å². The molecule has 0 bridgehead atoms. The maximum atomic E-state index is 13.8. The number of aromatic nitrogens is 3. The highest BCUT2D eigenvalue weighted by atomic mass is 32.2. The number of nitrogens with one attached hydrogen (secondary N) is 1. The summed E-state index contributed by atoms with van der Waals surface area (Å²) in [6, 6.07) is 8.93. The van der Waals surface area contributed by atoms with Gasteiger partial charge in [-0.1, -0.05) is 30.0 Å². The Labute approximate surface area is 177 Å². The molecule has 0 radical (unpaired) electrons. The maximum absolute atomic E-state index is 13.8. The molecule has 1 unspecified atom stereocenters. The summed E-state index contributed by atoms with van der Waals surface area (Å²) in [5, 5.41) is 11.6. The number of para-hydroxylation sites is 1. The molecule has 30 heavy (non-hydrogen) atoms. The summed E-state index contributed by atoms with van der Waals surface area (Å²) in [7, 11) is 1.74. The Morgan fingerprint density at radius 2 is 1.90 bits per heavy atom. The average Bonchev–Trinajstić information content (AvgIpc) is 3.06. The van der Waals surface area contributed by atoms with Gasteiger partial charge in [0.15, 0.2) is 28.7 Å². The SMILES string of the molecule is Cc1cccc(C)c1NC(=O)CSc1nnc(C(C)Oc2ccc(F)cc2F)n1C. The lowest BCUT2D eigenvalue weighted by Crippen LogP contribution is -2.16. The van der Waals surface area contributed by atoms with E-state index < -0.39 is 17.7 Å². The molecular weight excluding hydrogens is 410 g/mol. The lowest BCUT2D eigenvalue weighted by molar-refractivity contribution is -0.113. The molecule has 6 nitrogen and oxygen atoms in total. The first kappa shape index (κ1) is 21.8. The van der Waals surface area contributed by atoms with Gasteiger partial charge in [-0.15, -0.1) is 10.2 Å². The van der Waals surface area contributed by atoms with E-state index in [4.69, 9.17) is 4.74 Å². The number of thioether (sulfide) groups is 1. The Morgan fingerprint density at radius 1 is 1.20 bits per heavy atom. The number of rotatable bonds is 7. The number of halogens is 2. The number of carbonyl (C=O) groups excluding carboxylic acids is 1. The molecule has 0 aliphatic rings. The average molecular weight is 432 g/mol. The first-order valence-corrected chi connectivity index (χ1v) is 10.2. The van der Waals surface area contributed by atoms with E-state index in [0.717, 1.165) is 28.9 Å². The van der Waals surface area contributed by atoms with E-state index in [1.807, 2.05) is 32.0 Å². The van der Waals surface area contributed by atoms with Gasteiger partial charge in [-0.2, -0.15) is 0 Å². The number of anilines is 1. The zero-order valence-electron chi connectivity index (χ0n) is 17.1. The number of carbonyl (C=O) groups is 1. The van der Waals surface area contributed by atoms with Crippen LogP contribution in [-0.2, 0) is 11.8 Å². The standard InChI is InChI=1S/C21H22F2N4O2S/c1-12-6-5-7-13(2)19(12)24-18(28)11-30-21-26-25-20(27(21)4)14(3)29-17-9-8-15(22)10-16(17)23/h5-10,14H,11H2,1-4H3,(H,24,28). The van der Waals surface area contributed by atoms with Crippen molar-refractivity contribution in [3.63, 3.8) is 0 Å². The largest absolute Gasteiger partial charge is 0.480 e. The molecule has 1 amide bonds.